The van der Waals surface area contributed by atoms with Crippen LogP contribution in [0, 0.1) is 0 Å². The Bertz CT molecular complexity index is 220. The van der Waals surface area contributed by atoms with E-state index in [1.165, 1.54) is 32.1 Å². The molecule has 0 bridgehead atoms. The summed E-state index contributed by atoms with van der Waals surface area (Å²) in [7, 11) is 0. The largest absolute Gasteiger partial charge is 0.291 e. The number of allylic oxidation sites excluding steroid dienone is 1. The van der Waals surface area contributed by atoms with Crippen LogP contribution in [-0.2, 0) is 0 Å². The highest BCUT2D eigenvalue weighted by molar-refractivity contribution is 4.94. The first-order valence-electron chi connectivity index (χ1n) is 7.11. The van der Waals surface area contributed by atoms with Gasteiger partial charge < -0.3 is 0 Å². The van der Waals surface area contributed by atoms with Crippen LogP contribution in [0.2, 0.25) is 0 Å². The van der Waals surface area contributed by atoms with Crippen LogP contribution in [0.5, 0.6) is 0 Å². The Morgan fingerprint density at radius 2 is 1.82 bits per heavy atom. The fourth-order valence-electron chi connectivity index (χ4n) is 2.44. The van der Waals surface area contributed by atoms with Gasteiger partial charge in [-0.2, -0.15) is 0 Å². The van der Waals surface area contributed by atoms with Crippen LogP contribution < -0.4 is 0 Å². The van der Waals surface area contributed by atoms with E-state index in [-0.39, 0.29) is 0 Å². The van der Waals surface area contributed by atoms with Crippen LogP contribution in [0.1, 0.15) is 59.8 Å². The number of nitrogens with zero attached hydrogens (tertiary/aromatic N) is 1. The maximum absolute atomic E-state index is 3.90. The predicted molar refractivity (Wildman–Crippen MR) is 79.4 cm³/mol. The van der Waals surface area contributed by atoms with E-state index in [2.05, 4.69) is 51.3 Å². The van der Waals surface area contributed by atoms with E-state index in [9.17, 15) is 0 Å². The van der Waals surface area contributed by atoms with Crippen LogP contribution in [-0.4, -0.2) is 23.5 Å². The first-order chi connectivity index (χ1) is 8.14. The normalized spacial score (nSPS) is 15.4. The SMILES string of the molecule is C=CCN(C/C=C\C)C(C)(CCC)CCCC. The van der Waals surface area contributed by atoms with E-state index in [1.54, 1.807) is 0 Å². The van der Waals surface area contributed by atoms with Crippen molar-refractivity contribution in [2.45, 2.75) is 65.3 Å². The Labute approximate surface area is 109 Å². The minimum atomic E-state index is 0.332. The van der Waals surface area contributed by atoms with Gasteiger partial charge in [0, 0.05) is 18.6 Å². The van der Waals surface area contributed by atoms with Crippen molar-refractivity contribution in [2.24, 2.45) is 0 Å². The minimum Gasteiger partial charge on any atom is -0.291 e. The van der Waals surface area contributed by atoms with Crippen LogP contribution in [0.4, 0.5) is 0 Å². The molecule has 0 rings (SSSR count). The summed E-state index contributed by atoms with van der Waals surface area (Å²) in [5.41, 5.74) is 0.332. The Hall–Kier alpha value is -0.560. The molecule has 0 amide bonds. The molecule has 1 nitrogen and oxygen atoms in total. The standard InChI is InChI=1S/C16H31N/c1-6-10-13-16(5,12-8-3)17(14-9-4)15-11-7-2/h7,9,11H,4,6,8,10,12-15H2,1-3,5H3/b11-7-. The summed E-state index contributed by atoms with van der Waals surface area (Å²) in [4.78, 5) is 2.57. The maximum Gasteiger partial charge on any atom is 0.0187 e. The molecule has 0 spiro atoms. The van der Waals surface area contributed by atoms with Gasteiger partial charge in [-0.15, -0.1) is 6.58 Å². The average molecular weight is 237 g/mol. The van der Waals surface area contributed by atoms with Crippen LogP contribution >= 0.6 is 0 Å². The molecular weight excluding hydrogens is 206 g/mol. The minimum absolute atomic E-state index is 0.332. The summed E-state index contributed by atoms with van der Waals surface area (Å²) in [5.74, 6) is 0. The van der Waals surface area contributed by atoms with Crippen LogP contribution in [0.15, 0.2) is 24.8 Å². The molecule has 0 radical (unpaired) electrons. The lowest BCUT2D eigenvalue weighted by Gasteiger charge is -2.41. The van der Waals surface area contributed by atoms with Gasteiger partial charge in [0.05, 0.1) is 0 Å². The van der Waals surface area contributed by atoms with Crippen molar-refractivity contribution in [3.63, 3.8) is 0 Å². The van der Waals surface area contributed by atoms with E-state index in [4.69, 9.17) is 0 Å². The van der Waals surface area contributed by atoms with Gasteiger partial charge >= 0.3 is 0 Å². The molecule has 0 aliphatic rings. The first-order valence-corrected chi connectivity index (χ1v) is 7.11. The van der Waals surface area contributed by atoms with E-state index < -0.39 is 0 Å². The molecule has 1 heteroatoms. The van der Waals surface area contributed by atoms with Crippen molar-refractivity contribution < 1.29 is 0 Å². The van der Waals surface area contributed by atoms with Gasteiger partial charge in [0.2, 0.25) is 0 Å². The fourth-order valence-corrected chi connectivity index (χ4v) is 2.44. The third kappa shape index (κ3) is 6.07. The predicted octanol–water partition coefficient (Wildman–Crippen LogP) is 4.80. The lowest BCUT2D eigenvalue weighted by molar-refractivity contribution is 0.109. The van der Waals surface area contributed by atoms with Gasteiger partial charge in [0.25, 0.3) is 0 Å². The maximum atomic E-state index is 3.90. The molecule has 0 aromatic heterocycles. The summed E-state index contributed by atoms with van der Waals surface area (Å²) in [6, 6.07) is 0. The zero-order valence-electron chi connectivity index (χ0n) is 12.3. The lowest BCUT2D eigenvalue weighted by Crippen LogP contribution is -2.46. The number of unbranched alkanes of at least 4 members (excludes halogenated alkanes) is 1. The van der Waals surface area contributed by atoms with Crippen LogP contribution in [0.3, 0.4) is 0 Å². The van der Waals surface area contributed by atoms with Gasteiger partial charge in [-0.25, -0.2) is 0 Å². The second-order valence-electron chi connectivity index (χ2n) is 5.11. The molecule has 0 aromatic carbocycles. The van der Waals surface area contributed by atoms with Crippen molar-refractivity contribution in [3.8, 4) is 0 Å². The molecule has 0 saturated heterocycles. The molecule has 100 valence electrons. The zero-order valence-corrected chi connectivity index (χ0v) is 12.3. The first kappa shape index (κ1) is 16.4. The Kier molecular flexibility index (Phi) is 9.16. The number of hydrogen-bond donors (Lipinski definition) is 0. The molecule has 1 unspecified atom stereocenters. The second kappa shape index (κ2) is 9.47. The molecule has 0 saturated carbocycles. The number of rotatable bonds is 10. The third-order valence-corrected chi connectivity index (χ3v) is 3.53. The highest BCUT2D eigenvalue weighted by Gasteiger charge is 2.28. The van der Waals surface area contributed by atoms with Gasteiger partial charge in [-0.3, -0.25) is 4.90 Å². The van der Waals surface area contributed by atoms with Crippen molar-refractivity contribution >= 4 is 0 Å². The zero-order chi connectivity index (χ0) is 13.1. The Morgan fingerprint density at radius 1 is 1.12 bits per heavy atom. The Morgan fingerprint density at radius 3 is 2.29 bits per heavy atom. The van der Waals surface area contributed by atoms with Crippen molar-refractivity contribution in [1.82, 2.24) is 4.90 Å². The van der Waals surface area contributed by atoms with Crippen molar-refractivity contribution in [3.05, 3.63) is 24.8 Å². The third-order valence-electron chi connectivity index (χ3n) is 3.53. The summed E-state index contributed by atoms with van der Waals surface area (Å²) in [5, 5.41) is 0. The van der Waals surface area contributed by atoms with Crippen molar-refractivity contribution in [1.29, 1.82) is 0 Å². The summed E-state index contributed by atoms with van der Waals surface area (Å²) in [6.07, 6.45) is 12.9. The molecule has 1 atom stereocenters. The van der Waals surface area contributed by atoms with E-state index >= 15 is 0 Å². The molecular formula is C16H31N. The fraction of sp³-hybridized carbons (Fsp3) is 0.750. The van der Waals surface area contributed by atoms with Crippen molar-refractivity contribution in [2.75, 3.05) is 13.1 Å². The molecule has 0 fully saturated rings. The molecule has 17 heavy (non-hydrogen) atoms. The molecule has 0 heterocycles. The lowest BCUT2D eigenvalue weighted by atomic mass is 9.88. The quantitative estimate of drug-likeness (QED) is 0.493. The number of hydrogen-bond acceptors (Lipinski definition) is 1. The summed E-state index contributed by atoms with van der Waals surface area (Å²) in [6.45, 7) is 15.0. The summed E-state index contributed by atoms with van der Waals surface area (Å²) < 4.78 is 0. The van der Waals surface area contributed by atoms with E-state index in [1.807, 2.05) is 6.08 Å². The van der Waals surface area contributed by atoms with Gasteiger partial charge in [0.15, 0.2) is 0 Å². The van der Waals surface area contributed by atoms with E-state index in [0.717, 1.165) is 13.1 Å². The molecule has 0 aromatic rings. The highest BCUT2D eigenvalue weighted by Crippen LogP contribution is 2.27. The monoisotopic (exact) mass is 237 g/mol. The smallest absolute Gasteiger partial charge is 0.0187 e. The highest BCUT2D eigenvalue weighted by atomic mass is 15.2. The molecule has 0 aliphatic heterocycles. The second-order valence-corrected chi connectivity index (χ2v) is 5.11. The topological polar surface area (TPSA) is 3.24 Å². The molecule has 0 N–H and O–H groups in total. The average Bonchev–Trinajstić information content (AvgIpc) is 2.32. The van der Waals surface area contributed by atoms with Gasteiger partial charge in [-0.05, 0) is 26.7 Å². The van der Waals surface area contributed by atoms with Gasteiger partial charge in [0.1, 0.15) is 0 Å². The summed E-state index contributed by atoms with van der Waals surface area (Å²) >= 11 is 0. The van der Waals surface area contributed by atoms with E-state index in [0.29, 0.717) is 5.54 Å². The Balaban J connectivity index is 4.70. The van der Waals surface area contributed by atoms with Crippen LogP contribution in [0.25, 0.3) is 0 Å². The van der Waals surface area contributed by atoms with Gasteiger partial charge in [-0.1, -0.05) is 51.3 Å². The molecule has 0 aliphatic carbocycles.